The summed E-state index contributed by atoms with van der Waals surface area (Å²) in [4.78, 5) is 5.90. The first kappa shape index (κ1) is 22.0. The summed E-state index contributed by atoms with van der Waals surface area (Å²) in [6.07, 6.45) is 1.35. The van der Waals surface area contributed by atoms with Crippen LogP contribution in [0.4, 0.5) is 5.69 Å². The first-order valence-corrected chi connectivity index (χ1v) is 11.1. The molecule has 0 aliphatic carbocycles. The molecule has 0 amide bonds. The number of rotatable bonds is 8. The zero-order valence-electron chi connectivity index (χ0n) is 16.5. The molecule has 0 fully saturated rings. The fourth-order valence-corrected chi connectivity index (χ4v) is 5.04. The van der Waals surface area contributed by atoms with Gasteiger partial charge in [0.25, 0.3) is 0 Å². The molecule has 0 bridgehead atoms. The standard InChI is InChI=1S/C22H25Cl2N3OS/c1-14(2)21-22(29-18-11-16(23)10-17(24)12-18)27(20(26-21)8-5-9-28)13-15-6-3-4-7-19(15)25/h3-4,6-7,10-12,14,28H,5,8-9,13,25H2,1-2H3. The van der Waals surface area contributed by atoms with Gasteiger partial charge in [-0.2, -0.15) is 0 Å². The van der Waals surface area contributed by atoms with Gasteiger partial charge in [0.15, 0.2) is 0 Å². The Balaban J connectivity index is 2.09. The zero-order chi connectivity index (χ0) is 21.0. The van der Waals surface area contributed by atoms with E-state index in [4.69, 9.17) is 33.9 Å². The molecule has 1 heterocycles. The van der Waals surface area contributed by atoms with Crippen LogP contribution in [0.1, 0.15) is 43.3 Å². The van der Waals surface area contributed by atoms with Crippen molar-refractivity contribution in [3.8, 4) is 0 Å². The summed E-state index contributed by atoms with van der Waals surface area (Å²) in [7, 11) is 0. The Morgan fingerprint density at radius 2 is 1.83 bits per heavy atom. The summed E-state index contributed by atoms with van der Waals surface area (Å²) >= 11 is 14.0. The van der Waals surface area contributed by atoms with Crippen LogP contribution in [0.25, 0.3) is 0 Å². The smallest absolute Gasteiger partial charge is 0.110 e. The number of benzene rings is 2. The third-order valence-electron chi connectivity index (χ3n) is 4.56. The van der Waals surface area contributed by atoms with Crippen molar-refractivity contribution in [2.75, 3.05) is 12.3 Å². The number of hydrogen-bond acceptors (Lipinski definition) is 4. The normalized spacial score (nSPS) is 11.4. The van der Waals surface area contributed by atoms with Gasteiger partial charge in [-0.15, -0.1) is 0 Å². The average Bonchev–Trinajstić information content (AvgIpc) is 2.98. The molecule has 7 heteroatoms. The van der Waals surface area contributed by atoms with Gasteiger partial charge >= 0.3 is 0 Å². The third-order valence-corrected chi connectivity index (χ3v) is 6.10. The number of nitrogens with two attached hydrogens (primary N) is 1. The molecule has 1 aromatic heterocycles. The molecule has 0 aliphatic rings. The van der Waals surface area contributed by atoms with E-state index in [-0.39, 0.29) is 12.5 Å². The lowest BCUT2D eigenvalue weighted by Gasteiger charge is -2.15. The van der Waals surface area contributed by atoms with Crippen LogP contribution < -0.4 is 5.73 Å². The molecule has 3 aromatic rings. The maximum Gasteiger partial charge on any atom is 0.110 e. The Morgan fingerprint density at radius 1 is 1.14 bits per heavy atom. The van der Waals surface area contributed by atoms with Crippen molar-refractivity contribution in [3.05, 3.63) is 69.6 Å². The number of aliphatic hydroxyl groups excluding tert-OH is 1. The quantitative estimate of drug-likeness (QED) is 0.412. The van der Waals surface area contributed by atoms with Gasteiger partial charge in [-0.3, -0.25) is 0 Å². The minimum atomic E-state index is 0.129. The van der Waals surface area contributed by atoms with Gasteiger partial charge in [0, 0.05) is 33.7 Å². The van der Waals surface area contributed by atoms with Crippen LogP contribution in [0.15, 0.2) is 52.4 Å². The van der Waals surface area contributed by atoms with Crippen LogP contribution in [-0.4, -0.2) is 21.3 Å². The lowest BCUT2D eigenvalue weighted by Crippen LogP contribution is -2.09. The fourth-order valence-electron chi connectivity index (χ4n) is 3.12. The van der Waals surface area contributed by atoms with Crippen molar-refractivity contribution < 1.29 is 5.11 Å². The van der Waals surface area contributed by atoms with Gasteiger partial charge in [-0.1, -0.05) is 67.0 Å². The SMILES string of the molecule is CC(C)c1nc(CCCO)n(Cc2ccccc2N)c1Sc1cc(Cl)cc(Cl)c1. The number of aryl methyl sites for hydroxylation is 1. The molecule has 154 valence electrons. The Morgan fingerprint density at radius 3 is 2.45 bits per heavy atom. The number of nitrogens with zero attached hydrogens (tertiary/aromatic N) is 2. The molecule has 3 N–H and O–H groups in total. The number of para-hydroxylation sites is 1. The largest absolute Gasteiger partial charge is 0.398 e. The van der Waals surface area contributed by atoms with Gasteiger partial charge in [-0.05, 0) is 42.2 Å². The molecule has 0 saturated heterocycles. The van der Waals surface area contributed by atoms with Crippen LogP contribution in [-0.2, 0) is 13.0 Å². The van der Waals surface area contributed by atoms with E-state index in [9.17, 15) is 5.11 Å². The Hall–Kier alpha value is -1.66. The number of aliphatic hydroxyl groups is 1. The molecule has 4 nitrogen and oxygen atoms in total. The maximum absolute atomic E-state index is 9.34. The summed E-state index contributed by atoms with van der Waals surface area (Å²) < 4.78 is 2.20. The third kappa shape index (κ3) is 5.48. The van der Waals surface area contributed by atoms with E-state index in [1.807, 2.05) is 36.4 Å². The molecule has 0 saturated carbocycles. The van der Waals surface area contributed by atoms with Crippen molar-refractivity contribution in [2.45, 2.75) is 49.1 Å². The van der Waals surface area contributed by atoms with Gasteiger partial charge in [0.1, 0.15) is 10.9 Å². The molecule has 3 rings (SSSR count). The minimum absolute atomic E-state index is 0.129. The second-order valence-corrected chi connectivity index (χ2v) is 9.13. The highest BCUT2D eigenvalue weighted by molar-refractivity contribution is 7.99. The molecule has 29 heavy (non-hydrogen) atoms. The van der Waals surface area contributed by atoms with Gasteiger partial charge in [0.05, 0.1) is 12.2 Å². The fraction of sp³-hybridized carbons (Fsp3) is 0.318. The molecule has 0 atom stereocenters. The van der Waals surface area contributed by atoms with Gasteiger partial charge < -0.3 is 15.4 Å². The van der Waals surface area contributed by atoms with E-state index in [0.29, 0.717) is 29.4 Å². The number of nitrogen functional groups attached to an aromatic ring is 1. The first-order valence-electron chi connectivity index (χ1n) is 9.56. The Bertz CT molecular complexity index is 968. The topological polar surface area (TPSA) is 64.1 Å². The van der Waals surface area contributed by atoms with E-state index in [1.54, 1.807) is 17.8 Å². The Kier molecular flexibility index (Phi) is 7.52. The van der Waals surface area contributed by atoms with Crippen LogP contribution in [0.5, 0.6) is 0 Å². The summed E-state index contributed by atoms with van der Waals surface area (Å²) in [5.74, 6) is 1.19. The molecule has 0 unspecified atom stereocenters. The molecular weight excluding hydrogens is 425 g/mol. The lowest BCUT2D eigenvalue weighted by atomic mass is 10.1. The second kappa shape index (κ2) is 9.90. The van der Waals surface area contributed by atoms with Crippen molar-refractivity contribution >= 4 is 40.7 Å². The number of imidazole rings is 1. The lowest BCUT2D eigenvalue weighted by molar-refractivity contribution is 0.287. The molecule has 2 aromatic carbocycles. The van der Waals surface area contributed by atoms with Crippen LogP contribution in [0.2, 0.25) is 10.0 Å². The zero-order valence-corrected chi connectivity index (χ0v) is 18.9. The van der Waals surface area contributed by atoms with Crippen molar-refractivity contribution in [1.29, 1.82) is 0 Å². The number of anilines is 1. The summed E-state index contributed by atoms with van der Waals surface area (Å²) in [5, 5.41) is 11.6. The summed E-state index contributed by atoms with van der Waals surface area (Å²) in [6, 6.07) is 13.4. The molecular formula is C22H25Cl2N3OS. The maximum atomic E-state index is 9.34. The number of hydrogen-bond donors (Lipinski definition) is 2. The monoisotopic (exact) mass is 449 g/mol. The summed E-state index contributed by atoms with van der Waals surface area (Å²) in [5.41, 5.74) is 9.02. The predicted octanol–water partition coefficient (Wildman–Crippen LogP) is 6.02. The first-order chi connectivity index (χ1) is 13.9. The van der Waals surface area contributed by atoms with E-state index in [1.165, 1.54) is 0 Å². The highest BCUT2D eigenvalue weighted by atomic mass is 35.5. The van der Waals surface area contributed by atoms with E-state index >= 15 is 0 Å². The minimum Gasteiger partial charge on any atom is -0.398 e. The van der Waals surface area contributed by atoms with E-state index in [0.717, 1.165) is 32.7 Å². The summed E-state index contributed by atoms with van der Waals surface area (Å²) in [6.45, 7) is 5.01. The molecule has 0 radical (unpaired) electrons. The van der Waals surface area contributed by atoms with Crippen LogP contribution in [0, 0.1) is 0 Å². The number of aromatic nitrogens is 2. The number of halogens is 2. The van der Waals surface area contributed by atoms with Crippen molar-refractivity contribution in [3.63, 3.8) is 0 Å². The highest BCUT2D eigenvalue weighted by Crippen LogP contribution is 2.38. The average molecular weight is 450 g/mol. The van der Waals surface area contributed by atoms with Crippen LogP contribution in [0.3, 0.4) is 0 Å². The Labute approximate surface area is 186 Å². The predicted molar refractivity (Wildman–Crippen MR) is 122 cm³/mol. The second-order valence-electron chi connectivity index (χ2n) is 7.19. The molecule has 0 spiro atoms. The van der Waals surface area contributed by atoms with E-state index < -0.39 is 0 Å². The van der Waals surface area contributed by atoms with Crippen molar-refractivity contribution in [2.24, 2.45) is 0 Å². The van der Waals surface area contributed by atoms with Crippen LogP contribution >= 0.6 is 35.0 Å². The van der Waals surface area contributed by atoms with Crippen molar-refractivity contribution in [1.82, 2.24) is 9.55 Å². The van der Waals surface area contributed by atoms with Gasteiger partial charge in [-0.25, -0.2) is 4.98 Å². The molecule has 0 aliphatic heterocycles. The van der Waals surface area contributed by atoms with Gasteiger partial charge in [0.2, 0.25) is 0 Å². The highest BCUT2D eigenvalue weighted by Gasteiger charge is 2.21. The van der Waals surface area contributed by atoms with E-state index in [2.05, 4.69) is 18.4 Å².